The Kier molecular flexibility index (Phi) is 10.6. The van der Waals surface area contributed by atoms with E-state index in [1.54, 1.807) is 24.3 Å². The van der Waals surface area contributed by atoms with E-state index >= 15 is 0 Å². The minimum Gasteiger partial charge on any atom is -0.503 e. The summed E-state index contributed by atoms with van der Waals surface area (Å²) >= 11 is 3.01. The maximum absolute atomic E-state index is 13.9. The number of hydrogen-bond donors (Lipinski definition) is 0. The Bertz CT molecular complexity index is 1020. The maximum atomic E-state index is 13.9. The van der Waals surface area contributed by atoms with Crippen LogP contribution in [-0.2, 0) is 43.1 Å². The molecule has 12 heteroatoms. The van der Waals surface area contributed by atoms with Crippen LogP contribution < -0.4 is 4.74 Å². The minimum absolute atomic E-state index is 0.00407. The van der Waals surface area contributed by atoms with E-state index in [0.717, 1.165) is 4.68 Å². The van der Waals surface area contributed by atoms with E-state index in [9.17, 15) is 18.0 Å². The number of nitrogens with zero attached hydrogens (tertiary/aromatic N) is 2. The highest BCUT2D eigenvalue weighted by Gasteiger charge is 2.41. The zero-order chi connectivity index (χ0) is 26.2. The molecule has 2 rings (SSSR count). The van der Waals surface area contributed by atoms with Crippen molar-refractivity contribution < 1.29 is 41.7 Å². The van der Waals surface area contributed by atoms with Crippen molar-refractivity contribution in [2.24, 2.45) is 0 Å². The molecule has 0 aliphatic rings. The molecule has 0 aliphatic carbocycles. The van der Waals surface area contributed by atoms with E-state index in [0.29, 0.717) is 11.1 Å². The van der Waals surface area contributed by atoms with Gasteiger partial charge in [-0.1, -0.05) is 24.3 Å². The highest BCUT2D eigenvalue weighted by Crippen LogP contribution is 2.41. The van der Waals surface area contributed by atoms with Crippen molar-refractivity contribution in [3.05, 3.63) is 51.8 Å². The second kappa shape index (κ2) is 12.9. The number of esters is 1. The number of halogens is 4. The lowest BCUT2D eigenvalue weighted by atomic mass is 10.0. The van der Waals surface area contributed by atoms with Gasteiger partial charge in [0.2, 0.25) is 5.88 Å². The summed E-state index contributed by atoms with van der Waals surface area (Å²) < 4.78 is 68.6. The summed E-state index contributed by atoms with van der Waals surface area (Å²) in [4.78, 5) is 12.2. The summed E-state index contributed by atoms with van der Waals surface area (Å²) in [5.74, 6) is -1.29. The average molecular weight is 565 g/mol. The first-order valence-corrected chi connectivity index (χ1v) is 11.3. The Morgan fingerprint density at radius 1 is 1.20 bits per heavy atom. The first kappa shape index (κ1) is 28.7. The molecule has 0 N–H and O–H groups in total. The molecule has 0 bridgehead atoms. The molecule has 0 aliphatic heterocycles. The van der Waals surface area contributed by atoms with Crippen molar-refractivity contribution in [1.29, 1.82) is 0 Å². The Morgan fingerprint density at radius 2 is 1.89 bits per heavy atom. The highest BCUT2D eigenvalue weighted by atomic mass is 79.9. The van der Waals surface area contributed by atoms with Crippen molar-refractivity contribution in [2.45, 2.75) is 45.4 Å². The van der Waals surface area contributed by atoms with E-state index in [1.807, 2.05) is 13.8 Å². The van der Waals surface area contributed by atoms with E-state index < -0.39 is 29.7 Å². The summed E-state index contributed by atoms with van der Waals surface area (Å²) in [6, 6.07) is 6.56. The van der Waals surface area contributed by atoms with Crippen LogP contribution in [0, 0.1) is 0 Å². The van der Waals surface area contributed by atoms with Crippen LogP contribution in [0.2, 0.25) is 0 Å². The quantitative estimate of drug-likeness (QED) is 0.207. The van der Waals surface area contributed by atoms with Gasteiger partial charge in [0, 0.05) is 7.11 Å². The van der Waals surface area contributed by atoms with Crippen molar-refractivity contribution in [3.63, 3.8) is 0 Å². The van der Waals surface area contributed by atoms with Gasteiger partial charge in [0.25, 0.3) is 0 Å². The van der Waals surface area contributed by atoms with Crippen molar-refractivity contribution in [2.75, 3.05) is 27.9 Å². The zero-order valence-corrected chi connectivity index (χ0v) is 21.6. The Morgan fingerprint density at radius 3 is 2.46 bits per heavy atom. The van der Waals surface area contributed by atoms with Gasteiger partial charge < -0.3 is 23.7 Å². The number of rotatable bonds is 12. The predicted octanol–water partition coefficient (Wildman–Crippen LogP) is 4.84. The monoisotopic (exact) mass is 564 g/mol. The van der Waals surface area contributed by atoms with Crippen molar-refractivity contribution >= 4 is 27.5 Å². The van der Waals surface area contributed by atoms with Gasteiger partial charge in [-0.3, -0.25) is 4.68 Å². The first-order valence-electron chi connectivity index (χ1n) is 10.5. The van der Waals surface area contributed by atoms with Gasteiger partial charge in [0.15, 0.2) is 5.56 Å². The molecule has 194 valence electrons. The van der Waals surface area contributed by atoms with Gasteiger partial charge in [0.1, 0.15) is 22.9 Å². The van der Waals surface area contributed by atoms with E-state index in [-0.39, 0.29) is 36.0 Å². The normalized spacial score (nSPS) is 13.1. The van der Waals surface area contributed by atoms with E-state index in [2.05, 4.69) is 21.0 Å². The summed E-state index contributed by atoms with van der Waals surface area (Å²) in [6.07, 6.45) is -4.15. The summed E-state index contributed by atoms with van der Waals surface area (Å²) in [6.45, 7) is 3.55. The molecule has 0 spiro atoms. The zero-order valence-electron chi connectivity index (χ0n) is 20.0. The van der Waals surface area contributed by atoms with Gasteiger partial charge in [-0.25, -0.2) is 4.79 Å². The van der Waals surface area contributed by atoms with Crippen LogP contribution in [0.5, 0.6) is 5.88 Å². The topological polar surface area (TPSA) is 81.0 Å². The predicted molar refractivity (Wildman–Crippen MR) is 125 cm³/mol. The Labute approximate surface area is 210 Å². The Balaban J connectivity index is 2.37. The van der Waals surface area contributed by atoms with Crippen molar-refractivity contribution in [1.82, 2.24) is 9.78 Å². The fraction of sp³-hybridized carbons (Fsp3) is 0.478. The van der Waals surface area contributed by atoms with Crippen LogP contribution in [0.4, 0.5) is 13.2 Å². The second-order valence-corrected chi connectivity index (χ2v) is 8.35. The van der Waals surface area contributed by atoms with E-state index in [1.165, 1.54) is 27.6 Å². The molecule has 1 atom stereocenters. The molecule has 35 heavy (non-hydrogen) atoms. The molecule has 0 saturated heterocycles. The standard InChI is InChI=1S/C23H28BrF3N2O6/c1-14(2)34-12-16(32-4)10-29-20(24)19(23(25,26)27)21(28-29)35-11-15-8-6-7-9-17(15)18(13-31-3)22(30)33-5/h6-9,13-14,16H,10-12H2,1-5H3/b18-13+. The lowest BCUT2D eigenvalue weighted by Gasteiger charge is -2.17. The third-order valence-corrected chi connectivity index (χ3v) is 5.59. The van der Waals surface area contributed by atoms with Gasteiger partial charge in [0.05, 0.1) is 39.7 Å². The summed E-state index contributed by atoms with van der Waals surface area (Å²) in [5.41, 5.74) is -0.154. The molecule has 0 saturated carbocycles. The molecule has 1 unspecified atom stereocenters. The number of carbonyl (C=O) groups excluding carboxylic acids is 1. The average Bonchev–Trinajstić information content (AvgIpc) is 3.13. The smallest absolute Gasteiger partial charge is 0.424 e. The second-order valence-electron chi connectivity index (χ2n) is 7.60. The maximum Gasteiger partial charge on any atom is 0.424 e. The fourth-order valence-corrected chi connectivity index (χ4v) is 3.69. The molecule has 1 aromatic heterocycles. The number of alkyl halides is 3. The van der Waals surface area contributed by atoms with Gasteiger partial charge in [-0.2, -0.15) is 13.2 Å². The minimum atomic E-state index is -4.74. The molecule has 1 heterocycles. The van der Waals surface area contributed by atoms with Crippen LogP contribution in [-0.4, -0.2) is 55.9 Å². The first-order chi connectivity index (χ1) is 16.5. The summed E-state index contributed by atoms with van der Waals surface area (Å²) in [5, 5.41) is 4.03. The summed E-state index contributed by atoms with van der Waals surface area (Å²) in [7, 11) is 4.02. The fourth-order valence-electron chi connectivity index (χ4n) is 3.07. The van der Waals surface area contributed by atoms with Crippen LogP contribution in [0.15, 0.2) is 35.1 Å². The van der Waals surface area contributed by atoms with Crippen LogP contribution in [0.1, 0.15) is 30.5 Å². The SMILES string of the molecule is CO/C=C(/C(=O)OC)c1ccccc1COc1nn(CC(COC(C)C)OC)c(Br)c1C(F)(F)F. The lowest BCUT2D eigenvalue weighted by Crippen LogP contribution is -2.26. The molecule has 0 amide bonds. The van der Waals surface area contributed by atoms with Gasteiger partial charge in [-0.15, -0.1) is 5.10 Å². The molecular weight excluding hydrogens is 537 g/mol. The largest absolute Gasteiger partial charge is 0.503 e. The highest BCUT2D eigenvalue weighted by molar-refractivity contribution is 9.10. The molecule has 2 aromatic rings. The van der Waals surface area contributed by atoms with E-state index in [4.69, 9.17) is 23.7 Å². The number of methoxy groups -OCH3 is 3. The van der Waals surface area contributed by atoms with Gasteiger partial charge >= 0.3 is 12.1 Å². The lowest BCUT2D eigenvalue weighted by molar-refractivity contribution is -0.139. The Hall–Kier alpha value is -2.57. The van der Waals surface area contributed by atoms with Crippen molar-refractivity contribution in [3.8, 4) is 5.88 Å². The molecule has 0 radical (unpaired) electrons. The number of benzene rings is 1. The third-order valence-electron chi connectivity index (χ3n) is 4.78. The number of carbonyl (C=O) groups is 1. The molecule has 1 aromatic carbocycles. The molecular formula is C23H28BrF3N2O6. The number of ether oxygens (including phenoxy) is 5. The van der Waals surface area contributed by atoms with Crippen LogP contribution in [0.25, 0.3) is 5.57 Å². The molecule has 8 nitrogen and oxygen atoms in total. The number of hydrogen-bond acceptors (Lipinski definition) is 7. The van der Waals surface area contributed by atoms with Gasteiger partial charge in [-0.05, 0) is 40.9 Å². The third kappa shape index (κ3) is 7.71. The van der Waals surface area contributed by atoms with Crippen LogP contribution in [0.3, 0.4) is 0 Å². The molecule has 0 fully saturated rings. The number of aromatic nitrogens is 2. The van der Waals surface area contributed by atoms with Crippen LogP contribution >= 0.6 is 15.9 Å².